The Morgan fingerprint density at radius 3 is 2.69 bits per heavy atom. The number of hydrogen-bond acceptors (Lipinski definition) is 2. The van der Waals surface area contributed by atoms with Crippen LogP contribution < -0.4 is 10.6 Å². The van der Waals surface area contributed by atoms with Gasteiger partial charge in [-0.05, 0) is 41.2 Å². The zero-order chi connectivity index (χ0) is 18.5. The minimum atomic E-state index is -0.171. The lowest BCUT2D eigenvalue weighted by Gasteiger charge is -2.39. The van der Waals surface area contributed by atoms with Crippen LogP contribution in [0.25, 0.3) is 0 Å². The molecule has 0 aliphatic carbocycles. The number of benzene rings is 2. The molecule has 26 heavy (non-hydrogen) atoms. The SMILES string of the molecule is CC(C)(C)C[C@@H]1NC[C@H](c2ccccc2F)[C@]12CNc1cc(Cl)ccc12. The minimum Gasteiger partial charge on any atom is -0.384 e. The molecule has 138 valence electrons. The lowest BCUT2D eigenvalue weighted by molar-refractivity contribution is 0.259. The third-order valence-corrected chi connectivity index (χ3v) is 6.20. The fraction of sp³-hybridized carbons (Fsp3) is 0.455. The summed E-state index contributed by atoms with van der Waals surface area (Å²) in [5.41, 5.74) is 3.16. The van der Waals surface area contributed by atoms with E-state index in [0.717, 1.165) is 35.8 Å². The van der Waals surface area contributed by atoms with Crippen molar-refractivity contribution in [3.05, 3.63) is 64.4 Å². The third kappa shape index (κ3) is 2.82. The number of hydrogen-bond donors (Lipinski definition) is 2. The van der Waals surface area contributed by atoms with Crippen LogP contribution in [0.1, 0.15) is 44.2 Å². The zero-order valence-electron chi connectivity index (χ0n) is 15.6. The first-order valence-corrected chi connectivity index (χ1v) is 9.71. The van der Waals surface area contributed by atoms with E-state index in [-0.39, 0.29) is 28.6 Å². The van der Waals surface area contributed by atoms with Crippen LogP contribution >= 0.6 is 11.6 Å². The predicted molar refractivity (Wildman–Crippen MR) is 107 cm³/mol. The molecule has 1 saturated heterocycles. The predicted octanol–water partition coefficient (Wildman–Crippen LogP) is 5.33. The Hall–Kier alpha value is -1.58. The van der Waals surface area contributed by atoms with E-state index in [4.69, 9.17) is 11.6 Å². The molecule has 0 unspecified atom stereocenters. The van der Waals surface area contributed by atoms with Gasteiger partial charge in [0.15, 0.2) is 0 Å². The Morgan fingerprint density at radius 1 is 1.19 bits per heavy atom. The molecule has 2 aliphatic rings. The fourth-order valence-corrected chi connectivity index (χ4v) is 5.08. The first kappa shape index (κ1) is 17.8. The standard InChI is InChI=1S/C22H26ClFN2/c1-21(2,3)11-20-22(13-26-19-10-14(23)8-9-16(19)22)17(12-25-20)15-6-4-5-7-18(15)24/h4-10,17,20,25-26H,11-13H2,1-3H3/t17-,20+,22-/m1/s1. The molecule has 0 radical (unpaired) electrons. The lowest BCUT2D eigenvalue weighted by atomic mass is 9.64. The summed E-state index contributed by atoms with van der Waals surface area (Å²) in [7, 11) is 0. The maximum absolute atomic E-state index is 14.7. The van der Waals surface area contributed by atoms with Crippen molar-refractivity contribution in [3.8, 4) is 0 Å². The Kier molecular flexibility index (Phi) is 4.28. The van der Waals surface area contributed by atoms with Crippen LogP contribution in [-0.2, 0) is 5.41 Å². The molecule has 2 nitrogen and oxygen atoms in total. The zero-order valence-corrected chi connectivity index (χ0v) is 16.3. The van der Waals surface area contributed by atoms with E-state index in [0.29, 0.717) is 0 Å². The van der Waals surface area contributed by atoms with Crippen molar-refractivity contribution in [2.75, 3.05) is 18.4 Å². The van der Waals surface area contributed by atoms with Crippen LogP contribution in [0.15, 0.2) is 42.5 Å². The molecular formula is C22H26ClFN2. The van der Waals surface area contributed by atoms with E-state index in [9.17, 15) is 4.39 Å². The molecule has 0 amide bonds. The largest absolute Gasteiger partial charge is 0.384 e. The molecular weight excluding hydrogens is 347 g/mol. The second-order valence-electron chi connectivity index (χ2n) is 8.88. The van der Waals surface area contributed by atoms with Gasteiger partial charge in [-0.15, -0.1) is 0 Å². The van der Waals surface area contributed by atoms with Gasteiger partial charge in [0.2, 0.25) is 0 Å². The minimum absolute atomic E-state index is 0.0889. The van der Waals surface area contributed by atoms with Gasteiger partial charge in [-0.25, -0.2) is 4.39 Å². The van der Waals surface area contributed by atoms with Gasteiger partial charge < -0.3 is 10.6 Å². The highest BCUT2D eigenvalue weighted by Crippen LogP contribution is 2.54. The summed E-state index contributed by atoms with van der Waals surface area (Å²) in [6.45, 7) is 8.39. The van der Waals surface area contributed by atoms with Crippen molar-refractivity contribution in [2.24, 2.45) is 5.41 Å². The van der Waals surface area contributed by atoms with E-state index in [1.807, 2.05) is 24.3 Å². The maximum atomic E-state index is 14.7. The van der Waals surface area contributed by atoms with Gasteiger partial charge in [0, 0.05) is 41.2 Å². The highest BCUT2D eigenvalue weighted by molar-refractivity contribution is 6.30. The van der Waals surface area contributed by atoms with Crippen molar-refractivity contribution in [1.82, 2.24) is 5.32 Å². The number of fused-ring (bicyclic) bond motifs is 2. The van der Waals surface area contributed by atoms with E-state index in [1.54, 1.807) is 12.1 Å². The Morgan fingerprint density at radius 2 is 1.96 bits per heavy atom. The molecule has 2 aliphatic heterocycles. The number of anilines is 1. The Balaban J connectivity index is 1.86. The molecule has 3 atom stereocenters. The van der Waals surface area contributed by atoms with Crippen LogP contribution in [0.4, 0.5) is 10.1 Å². The topological polar surface area (TPSA) is 24.1 Å². The molecule has 0 bridgehead atoms. The van der Waals surface area contributed by atoms with Gasteiger partial charge in [-0.3, -0.25) is 0 Å². The van der Waals surface area contributed by atoms with Crippen LogP contribution in [-0.4, -0.2) is 19.1 Å². The molecule has 1 fully saturated rings. The van der Waals surface area contributed by atoms with Crippen molar-refractivity contribution in [3.63, 3.8) is 0 Å². The van der Waals surface area contributed by atoms with Crippen molar-refractivity contribution in [2.45, 2.75) is 44.6 Å². The second kappa shape index (κ2) is 6.24. The summed E-state index contributed by atoms with van der Waals surface area (Å²) >= 11 is 6.22. The van der Waals surface area contributed by atoms with Crippen molar-refractivity contribution >= 4 is 17.3 Å². The third-order valence-electron chi connectivity index (χ3n) is 5.96. The number of nitrogens with one attached hydrogen (secondary N) is 2. The van der Waals surface area contributed by atoms with Crippen LogP contribution in [0.5, 0.6) is 0 Å². The molecule has 1 spiro atoms. The maximum Gasteiger partial charge on any atom is 0.126 e. The smallest absolute Gasteiger partial charge is 0.126 e. The summed E-state index contributed by atoms with van der Waals surface area (Å²) in [5, 5.41) is 8.03. The second-order valence-corrected chi connectivity index (χ2v) is 9.32. The van der Waals surface area contributed by atoms with Crippen molar-refractivity contribution in [1.29, 1.82) is 0 Å². The van der Waals surface area contributed by atoms with Crippen LogP contribution in [0.2, 0.25) is 5.02 Å². The molecule has 0 saturated carbocycles. The molecule has 2 N–H and O–H groups in total. The van der Waals surface area contributed by atoms with Gasteiger partial charge in [-0.2, -0.15) is 0 Å². The monoisotopic (exact) mass is 372 g/mol. The van der Waals surface area contributed by atoms with E-state index >= 15 is 0 Å². The van der Waals surface area contributed by atoms with Gasteiger partial charge in [0.05, 0.1) is 0 Å². The fourth-order valence-electron chi connectivity index (χ4n) is 4.91. The lowest BCUT2D eigenvalue weighted by Crippen LogP contribution is -2.46. The normalized spacial score (nSPS) is 27.6. The molecule has 4 rings (SSSR count). The van der Waals surface area contributed by atoms with Gasteiger partial charge in [0.1, 0.15) is 5.82 Å². The molecule has 2 heterocycles. The first-order chi connectivity index (χ1) is 12.3. The first-order valence-electron chi connectivity index (χ1n) is 9.33. The Bertz CT molecular complexity index is 829. The quantitative estimate of drug-likeness (QED) is 0.744. The Labute approximate surface area is 160 Å². The highest BCUT2D eigenvalue weighted by atomic mass is 35.5. The summed E-state index contributed by atoms with van der Waals surface area (Å²) in [5.74, 6) is -0.0246. The summed E-state index contributed by atoms with van der Waals surface area (Å²) in [4.78, 5) is 0. The van der Waals surface area contributed by atoms with E-state index in [2.05, 4.69) is 37.5 Å². The van der Waals surface area contributed by atoms with E-state index in [1.165, 1.54) is 5.56 Å². The van der Waals surface area contributed by atoms with Crippen molar-refractivity contribution < 1.29 is 4.39 Å². The highest BCUT2D eigenvalue weighted by Gasteiger charge is 2.56. The molecule has 2 aromatic carbocycles. The summed E-state index contributed by atoms with van der Waals surface area (Å²) < 4.78 is 14.7. The van der Waals surface area contributed by atoms with Gasteiger partial charge >= 0.3 is 0 Å². The van der Waals surface area contributed by atoms with Crippen LogP contribution in [0, 0.1) is 11.2 Å². The molecule has 4 heteroatoms. The summed E-state index contributed by atoms with van der Waals surface area (Å²) in [6, 6.07) is 13.6. The summed E-state index contributed by atoms with van der Waals surface area (Å²) in [6.07, 6.45) is 1.03. The molecule has 2 aromatic rings. The van der Waals surface area contributed by atoms with Crippen LogP contribution in [0.3, 0.4) is 0 Å². The van der Waals surface area contributed by atoms with Gasteiger partial charge in [0.25, 0.3) is 0 Å². The number of halogens is 2. The van der Waals surface area contributed by atoms with Gasteiger partial charge in [-0.1, -0.05) is 56.6 Å². The molecule has 0 aromatic heterocycles. The average molecular weight is 373 g/mol. The van der Waals surface area contributed by atoms with E-state index < -0.39 is 0 Å². The average Bonchev–Trinajstić information content (AvgIpc) is 3.10. The number of rotatable bonds is 2.